The van der Waals surface area contributed by atoms with E-state index in [4.69, 9.17) is 9.84 Å². The number of aliphatic carboxylic acids is 1. The Bertz CT molecular complexity index is 274. The second kappa shape index (κ2) is 7.92. The van der Waals surface area contributed by atoms with Crippen molar-refractivity contribution in [3.8, 4) is 0 Å². The lowest BCUT2D eigenvalue weighted by molar-refractivity contribution is -0.137. The van der Waals surface area contributed by atoms with Gasteiger partial charge in [0.2, 0.25) is 0 Å². The van der Waals surface area contributed by atoms with Crippen molar-refractivity contribution >= 4 is 12.0 Å². The number of carboxylic acid groups (broad SMARTS) is 1. The number of carboxylic acids is 1. The fraction of sp³-hybridized carbons (Fsp3) is 0.833. The zero-order chi connectivity index (χ0) is 14.2. The highest BCUT2D eigenvalue weighted by molar-refractivity contribution is 5.75. The summed E-state index contributed by atoms with van der Waals surface area (Å²) in [4.78, 5) is 22.3. The molecule has 0 fully saturated rings. The van der Waals surface area contributed by atoms with Crippen molar-refractivity contribution < 1.29 is 19.4 Å². The predicted octanol–water partition coefficient (Wildman–Crippen LogP) is 1.21. The summed E-state index contributed by atoms with van der Waals surface area (Å²) in [7, 11) is 1.55. The molecule has 1 atom stereocenters. The van der Waals surface area contributed by atoms with Gasteiger partial charge in [0, 0.05) is 19.7 Å². The Morgan fingerprint density at radius 2 is 1.94 bits per heavy atom. The lowest BCUT2D eigenvalue weighted by atomic mass is 9.87. The molecular weight excluding hydrogens is 236 g/mol. The van der Waals surface area contributed by atoms with Crippen LogP contribution >= 0.6 is 0 Å². The summed E-state index contributed by atoms with van der Waals surface area (Å²) >= 11 is 0. The number of carbonyl (C=O) groups is 2. The van der Waals surface area contributed by atoms with Gasteiger partial charge in [0.05, 0.1) is 13.0 Å². The zero-order valence-electron chi connectivity index (χ0n) is 11.6. The summed E-state index contributed by atoms with van der Waals surface area (Å²) in [6.07, 6.45) is 0.534. The largest absolute Gasteiger partial charge is 0.481 e. The van der Waals surface area contributed by atoms with Crippen LogP contribution in [0.2, 0.25) is 0 Å². The normalized spacial score (nSPS) is 12.9. The molecule has 0 saturated heterocycles. The minimum absolute atomic E-state index is 0.0417. The maximum atomic E-state index is 11.5. The molecule has 0 radical (unpaired) electrons. The molecule has 0 bridgehead atoms. The Morgan fingerprint density at radius 1 is 1.33 bits per heavy atom. The van der Waals surface area contributed by atoms with Crippen LogP contribution in [0.15, 0.2) is 0 Å². The first-order valence-corrected chi connectivity index (χ1v) is 5.99. The van der Waals surface area contributed by atoms with E-state index in [9.17, 15) is 9.59 Å². The van der Waals surface area contributed by atoms with Gasteiger partial charge in [-0.05, 0) is 11.8 Å². The monoisotopic (exact) mass is 260 g/mol. The number of nitrogens with one attached hydrogen (secondary N) is 2. The van der Waals surface area contributed by atoms with Crippen LogP contribution < -0.4 is 10.6 Å². The standard InChI is InChI=1S/C12H24N2O4/c1-12(2,3)8-9(7-10(15)16)14-11(17)13-5-6-18-4/h9H,5-8H2,1-4H3,(H,15,16)(H2,13,14,17). The molecule has 0 aliphatic heterocycles. The highest BCUT2D eigenvalue weighted by atomic mass is 16.5. The summed E-state index contributed by atoms with van der Waals surface area (Å²) < 4.78 is 4.81. The average molecular weight is 260 g/mol. The molecule has 0 aromatic rings. The first-order chi connectivity index (χ1) is 8.24. The molecule has 18 heavy (non-hydrogen) atoms. The molecule has 2 amide bonds. The van der Waals surface area contributed by atoms with E-state index in [1.165, 1.54) is 0 Å². The highest BCUT2D eigenvalue weighted by Crippen LogP contribution is 2.22. The number of urea groups is 1. The van der Waals surface area contributed by atoms with Crippen LogP contribution in [-0.4, -0.2) is 43.4 Å². The van der Waals surface area contributed by atoms with E-state index in [-0.39, 0.29) is 23.9 Å². The molecule has 106 valence electrons. The molecule has 0 aliphatic rings. The van der Waals surface area contributed by atoms with E-state index in [1.54, 1.807) is 7.11 Å². The summed E-state index contributed by atoms with van der Waals surface area (Å²) in [5.74, 6) is -0.915. The Morgan fingerprint density at radius 3 is 2.39 bits per heavy atom. The number of rotatable bonds is 7. The summed E-state index contributed by atoms with van der Waals surface area (Å²) in [6, 6.07) is -0.729. The van der Waals surface area contributed by atoms with E-state index in [0.29, 0.717) is 19.6 Å². The minimum Gasteiger partial charge on any atom is -0.481 e. The molecular formula is C12H24N2O4. The molecule has 0 aromatic carbocycles. The topological polar surface area (TPSA) is 87.7 Å². The van der Waals surface area contributed by atoms with Gasteiger partial charge in [-0.15, -0.1) is 0 Å². The van der Waals surface area contributed by atoms with Crippen LogP contribution in [0.1, 0.15) is 33.6 Å². The lowest BCUT2D eigenvalue weighted by Gasteiger charge is -2.25. The molecule has 0 rings (SSSR count). The fourth-order valence-corrected chi connectivity index (χ4v) is 1.63. The van der Waals surface area contributed by atoms with Crippen molar-refractivity contribution in [1.82, 2.24) is 10.6 Å². The smallest absolute Gasteiger partial charge is 0.315 e. The Balaban J connectivity index is 4.22. The predicted molar refractivity (Wildman–Crippen MR) is 68.5 cm³/mol. The van der Waals surface area contributed by atoms with Crippen LogP contribution in [0.3, 0.4) is 0 Å². The molecule has 0 saturated carbocycles. The second-order valence-electron chi connectivity index (χ2n) is 5.45. The minimum atomic E-state index is -0.915. The van der Waals surface area contributed by atoms with Gasteiger partial charge >= 0.3 is 12.0 Å². The van der Waals surface area contributed by atoms with Crippen LogP contribution in [0.5, 0.6) is 0 Å². The number of carbonyl (C=O) groups excluding carboxylic acids is 1. The molecule has 6 heteroatoms. The van der Waals surface area contributed by atoms with E-state index in [2.05, 4.69) is 10.6 Å². The maximum absolute atomic E-state index is 11.5. The third kappa shape index (κ3) is 9.89. The molecule has 6 nitrogen and oxygen atoms in total. The SMILES string of the molecule is COCCNC(=O)NC(CC(=O)O)CC(C)(C)C. The van der Waals surface area contributed by atoms with E-state index in [0.717, 1.165) is 0 Å². The number of hydrogen-bond acceptors (Lipinski definition) is 3. The fourth-order valence-electron chi connectivity index (χ4n) is 1.63. The Kier molecular flexibility index (Phi) is 7.35. The molecule has 0 heterocycles. The van der Waals surface area contributed by atoms with Gasteiger partial charge in [0.25, 0.3) is 0 Å². The van der Waals surface area contributed by atoms with Crippen LogP contribution in [0.4, 0.5) is 4.79 Å². The van der Waals surface area contributed by atoms with Gasteiger partial charge < -0.3 is 20.5 Å². The third-order valence-corrected chi connectivity index (χ3v) is 2.21. The van der Waals surface area contributed by atoms with Crippen molar-refractivity contribution in [3.63, 3.8) is 0 Å². The molecule has 0 aromatic heterocycles. The zero-order valence-corrected chi connectivity index (χ0v) is 11.6. The molecule has 0 spiro atoms. The summed E-state index contributed by atoms with van der Waals surface area (Å²) in [5, 5.41) is 14.1. The van der Waals surface area contributed by atoms with Crippen molar-refractivity contribution in [1.29, 1.82) is 0 Å². The number of ether oxygens (including phenoxy) is 1. The average Bonchev–Trinajstić information content (AvgIpc) is 2.13. The number of methoxy groups -OCH3 is 1. The van der Waals surface area contributed by atoms with Crippen LogP contribution in [0, 0.1) is 5.41 Å². The van der Waals surface area contributed by atoms with Crippen LogP contribution in [-0.2, 0) is 9.53 Å². The molecule has 1 unspecified atom stereocenters. The lowest BCUT2D eigenvalue weighted by Crippen LogP contribution is -2.45. The summed E-state index contributed by atoms with van der Waals surface area (Å²) in [6.45, 7) is 6.85. The van der Waals surface area contributed by atoms with E-state index >= 15 is 0 Å². The van der Waals surface area contributed by atoms with Gasteiger partial charge in [-0.1, -0.05) is 20.8 Å². The van der Waals surface area contributed by atoms with Crippen molar-refractivity contribution in [2.45, 2.75) is 39.7 Å². The molecule has 3 N–H and O–H groups in total. The van der Waals surface area contributed by atoms with Gasteiger partial charge in [0.1, 0.15) is 0 Å². The first-order valence-electron chi connectivity index (χ1n) is 5.99. The van der Waals surface area contributed by atoms with Gasteiger partial charge in [0.15, 0.2) is 0 Å². The number of amides is 2. The highest BCUT2D eigenvalue weighted by Gasteiger charge is 2.22. The first kappa shape index (κ1) is 16.7. The van der Waals surface area contributed by atoms with Crippen molar-refractivity contribution in [2.75, 3.05) is 20.3 Å². The van der Waals surface area contributed by atoms with Crippen molar-refractivity contribution in [2.24, 2.45) is 5.41 Å². The summed E-state index contributed by atoms with van der Waals surface area (Å²) in [5.41, 5.74) is -0.0417. The van der Waals surface area contributed by atoms with Gasteiger partial charge in [-0.25, -0.2) is 4.79 Å². The molecule has 0 aliphatic carbocycles. The third-order valence-electron chi connectivity index (χ3n) is 2.21. The maximum Gasteiger partial charge on any atom is 0.315 e. The number of hydrogen-bond donors (Lipinski definition) is 3. The Hall–Kier alpha value is -1.30. The van der Waals surface area contributed by atoms with E-state index < -0.39 is 5.97 Å². The van der Waals surface area contributed by atoms with Crippen LogP contribution in [0.25, 0.3) is 0 Å². The Labute approximate surface area is 108 Å². The van der Waals surface area contributed by atoms with Crippen molar-refractivity contribution in [3.05, 3.63) is 0 Å². The van der Waals surface area contributed by atoms with E-state index in [1.807, 2.05) is 20.8 Å². The second-order valence-corrected chi connectivity index (χ2v) is 5.45. The van der Waals surface area contributed by atoms with Gasteiger partial charge in [-0.2, -0.15) is 0 Å². The quantitative estimate of drug-likeness (QED) is 0.600. The van der Waals surface area contributed by atoms with Gasteiger partial charge in [-0.3, -0.25) is 4.79 Å².